The van der Waals surface area contributed by atoms with Gasteiger partial charge in [0.15, 0.2) is 5.76 Å². The Morgan fingerprint density at radius 3 is 2.81 bits per heavy atom. The molecule has 21 heavy (non-hydrogen) atoms. The van der Waals surface area contributed by atoms with Gasteiger partial charge in [-0.05, 0) is 48.3 Å². The zero-order chi connectivity index (χ0) is 15.4. The molecule has 0 fully saturated rings. The van der Waals surface area contributed by atoms with Crippen LogP contribution < -0.4 is 5.32 Å². The fourth-order valence-corrected chi connectivity index (χ4v) is 2.31. The third-order valence-corrected chi connectivity index (χ3v) is 4.45. The second kappa shape index (κ2) is 6.93. The van der Waals surface area contributed by atoms with Crippen molar-refractivity contribution in [1.82, 2.24) is 15.1 Å². The van der Waals surface area contributed by atoms with E-state index in [0.717, 1.165) is 28.7 Å². The van der Waals surface area contributed by atoms with E-state index in [1.807, 2.05) is 24.6 Å². The SMILES string of the molecule is CCCCNC(=O)c1ccc(Cn2nc(C)c(Br)c2C)o1. The molecule has 2 heterocycles. The standard InChI is InChI=1S/C15H20BrN3O2/c1-4-5-8-17-15(20)13-7-6-12(21-13)9-19-11(3)14(16)10(2)18-19/h6-7H,4-5,8-9H2,1-3H3,(H,17,20). The van der Waals surface area contributed by atoms with Crippen molar-refractivity contribution < 1.29 is 9.21 Å². The Hall–Kier alpha value is -1.56. The number of nitrogens with zero attached hydrogens (tertiary/aromatic N) is 2. The highest BCUT2D eigenvalue weighted by molar-refractivity contribution is 9.10. The smallest absolute Gasteiger partial charge is 0.286 e. The first-order valence-corrected chi connectivity index (χ1v) is 7.88. The van der Waals surface area contributed by atoms with Gasteiger partial charge in [0.25, 0.3) is 5.91 Å². The Morgan fingerprint density at radius 1 is 1.43 bits per heavy atom. The van der Waals surface area contributed by atoms with E-state index in [9.17, 15) is 4.79 Å². The van der Waals surface area contributed by atoms with E-state index in [1.54, 1.807) is 6.07 Å². The number of aromatic nitrogens is 2. The molecule has 0 saturated heterocycles. The number of carbonyl (C=O) groups excluding carboxylic acids is 1. The molecule has 0 spiro atoms. The number of amides is 1. The number of rotatable bonds is 6. The van der Waals surface area contributed by atoms with Crippen molar-refractivity contribution in [2.75, 3.05) is 6.54 Å². The zero-order valence-corrected chi connectivity index (χ0v) is 14.2. The number of aryl methyl sites for hydroxylation is 1. The molecular weight excluding hydrogens is 334 g/mol. The van der Waals surface area contributed by atoms with Crippen molar-refractivity contribution in [1.29, 1.82) is 0 Å². The molecule has 2 aromatic heterocycles. The van der Waals surface area contributed by atoms with E-state index >= 15 is 0 Å². The summed E-state index contributed by atoms with van der Waals surface area (Å²) in [5.41, 5.74) is 1.98. The number of halogens is 1. The van der Waals surface area contributed by atoms with Crippen LogP contribution in [-0.2, 0) is 6.54 Å². The Bertz CT molecular complexity index is 631. The van der Waals surface area contributed by atoms with Gasteiger partial charge in [0.1, 0.15) is 5.76 Å². The van der Waals surface area contributed by atoms with Gasteiger partial charge in [-0.2, -0.15) is 5.10 Å². The first kappa shape index (κ1) is 15.8. The molecular formula is C15H20BrN3O2. The summed E-state index contributed by atoms with van der Waals surface area (Å²) in [6.45, 7) is 7.22. The molecule has 0 saturated carbocycles. The summed E-state index contributed by atoms with van der Waals surface area (Å²) < 4.78 is 8.46. The quantitative estimate of drug-likeness (QED) is 0.809. The molecule has 1 amide bonds. The molecule has 0 aromatic carbocycles. The zero-order valence-electron chi connectivity index (χ0n) is 12.6. The maximum absolute atomic E-state index is 11.9. The molecule has 2 rings (SSSR count). The topological polar surface area (TPSA) is 60.1 Å². The minimum atomic E-state index is -0.163. The van der Waals surface area contributed by atoms with E-state index in [0.29, 0.717) is 24.6 Å². The first-order valence-electron chi connectivity index (χ1n) is 7.09. The maximum Gasteiger partial charge on any atom is 0.286 e. The molecule has 0 bridgehead atoms. The molecule has 0 aliphatic heterocycles. The van der Waals surface area contributed by atoms with Crippen molar-refractivity contribution in [2.45, 2.75) is 40.2 Å². The van der Waals surface area contributed by atoms with E-state index in [4.69, 9.17) is 4.42 Å². The maximum atomic E-state index is 11.9. The number of unbranched alkanes of at least 4 members (excludes halogenated alkanes) is 1. The monoisotopic (exact) mass is 353 g/mol. The van der Waals surface area contributed by atoms with Gasteiger partial charge < -0.3 is 9.73 Å². The molecule has 0 aliphatic rings. The average molecular weight is 354 g/mol. The summed E-state index contributed by atoms with van der Waals surface area (Å²) in [4.78, 5) is 11.9. The second-order valence-electron chi connectivity index (χ2n) is 5.02. The summed E-state index contributed by atoms with van der Waals surface area (Å²) in [6.07, 6.45) is 2.02. The van der Waals surface area contributed by atoms with Crippen LogP contribution in [0.1, 0.15) is 47.5 Å². The molecule has 114 valence electrons. The lowest BCUT2D eigenvalue weighted by Gasteiger charge is -2.03. The van der Waals surface area contributed by atoms with Crippen molar-refractivity contribution in [2.24, 2.45) is 0 Å². The van der Waals surface area contributed by atoms with E-state index < -0.39 is 0 Å². The average Bonchev–Trinajstić information content (AvgIpc) is 3.01. The summed E-state index contributed by atoms with van der Waals surface area (Å²) in [5, 5.41) is 7.27. The van der Waals surface area contributed by atoms with Crippen LogP contribution in [0.25, 0.3) is 0 Å². The lowest BCUT2D eigenvalue weighted by atomic mass is 10.3. The Labute approximate surface area is 132 Å². The van der Waals surface area contributed by atoms with Crippen LogP contribution in [0.5, 0.6) is 0 Å². The molecule has 2 aromatic rings. The van der Waals surface area contributed by atoms with Crippen LogP contribution in [0.3, 0.4) is 0 Å². The molecule has 1 N–H and O–H groups in total. The Kier molecular flexibility index (Phi) is 5.22. The van der Waals surface area contributed by atoms with E-state index in [1.165, 1.54) is 0 Å². The Balaban J connectivity index is 2.03. The van der Waals surface area contributed by atoms with Gasteiger partial charge in [-0.1, -0.05) is 13.3 Å². The molecule has 0 radical (unpaired) electrons. The predicted molar refractivity (Wildman–Crippen MR) is 84.5 cm³/mol. The third-order valence-electron chi connectivity index (χ3n) is 3.30. The fourth-order valence-electron chi connectivity index (χ4n) is 2.03. The largest absolute Gasteiger partial charge is 0.454 e. The number of furan rings is 1. The van der Waals surface area contributed by atoms with Gasteiger partial charge in [-0.3, -0.25) is 9.48 Å². The molecule has 0 aliphatic carbocycles. The van der Waals surface area contributed by atoms with Crippen LogP contribution in [-0.4, -0.2) is 22.2 Å². The summed E-state index contributed by atoms with van der Waals surface area (Å²) >= 11 is 3.50. The van der Waals surface area contributed by atoms with Gasteiger partial charge in [0.05, 0.1) is 22.4 Å². The minimum absolute atomic E-state index is 0.163. The van der Waals surface area contributed by atoms with Gasteiger partial charge in [0.2, 0.25) is 0 Å². The number of hydrogen-bond donors (Lipinski definition) is 1. The molecule has 6 heteroatoms. The molecule has 0 atom stereocenters. The van der Waals surface area contributed by atoms with Crippen LogP contribution in [0.2, 0.25) is 0 Å². The van der Waals surface area contributed by atoms with Crippen LogP contribution in [0.4, 0.5) is 0 Å². The lowest BCUT2D eigenvalue weighted by Crippen LogP contribution is -2.23. The highest BCUT2D eigenvalue weighted by Crippen LogP contribution is 2.21. The third kappa shape index (κ3) is 3.75. The minimum Gasteiger partial charge on any atom is -0.454 e. The second-order valence-corrected chi connectivity index (χ2v) is 5.81. The summed E-state index contributed by atoms with van der Waals surface area (Å²) in [7, 11) is 0. The van der Waals surface area contributed by atoms with Crippen LogP contribution in [0, 0.1) is 13.8 Å². The normalized spacial score (nSPS) is 10.9. The van der Waals surface area contributed by atoms with E-state index in [2.05, 4.69) is 33.3 Å². The van der Waals surface area contributed by atoms with Crippen LogP contribution in [0.15, 0.2) is 21.0 Å². The van der Waals surface area contributed by atoms with Crippen molar-refractivity contribution in [3.05, 3.63) is 39.5 Å². The highest BCUT2D eigenvalue weighted by atomic mass is 79.9. The summed E-state index contributed by atoms with van der Waals surface area (Å²) in [5.74, 6) is 0.902. The van der Waals surface area contributed by atoms with E-state index in [-0.39, 0.29) is 5.91 Å². The predicted octanol–water partition coefficient (Wildman–Crippen LogP) is 3.43. The van der Waals surface area contributed by atoms with Gasteiger partial charge >= 0.3 is 0 Å². The number of carbonyl (C=O) groups is 1. The van der Waals surface area contributed by atoms with Gasteiger partial charge in [-0.25, -0.2) is 0 Å². The molecule has 5 nitrogen and oxygen atoms in total. The van der Waals surface area contributed by atoms with Gasteiger partial charge in [-0.15, -0.1) is 0 Å². The lowest BCUT2D eigenvalue weighted by molar-refractivity contribution is 0.0923. The van der Waals surface area contributed by atoms with Crippen molar-refractivity contribution in [3.63, 3.8) is 0 Å². The molecule has 0 unspecified atom stereocenters. The summed E-state index contributed by atoms with van der Waals surface area (Å²) in [6, 6.07) is 3.52. The van der Waals surface area contributed by atoms with Crippen molar-refractivity contribution in [3.8, 4) is 0 Å². The van der Waals surface area contributed by atoms with Crippen molar-refractivity contribution >= 4 is 21.8 Å². The Morgan fingerprint density at radius 2 is 2.19 bits per heavy atom. The fraction of sp³-hybridized carbons (Fsp3) is 0.467. The van der Waals surface area contributed by atoms with Crippen LogP contribution >= 0.6 is 15.9 Å². The van der Waals surface area contributed by atoms with Gasteiger partial charge in [0, 0.05) is 6.54 Å². The first-order chi connectivity index (χ1) is 10.0. The number of nitrogens with one attached hydrogen (secondary N) is 1. The highest BCUT2D eigenvalue weighted by Gasteiger charge is 2.13. The number of hydrogen-bond acceptors (Lipinski definition) is 3.